The highest BCUT2D eigenvalue weighted by atomic mass is 35.5. The van der Waals surface area contributed by atoms with Crippen molar-refractivity contribution in [2.45, 2.75) is 13.3 Å². The molecular formula is C18H16ClN3O2. The molecule has 0 aliphatic carbocycles. The standard InChI is InChI=1S/C18H16ClN3O2/c1-12-3-2-4-15-18(12)16(11-17(19)21-15)20-10-9-13-5-7-14(8-6-13)22(23)24/h2-8,11H,9-10H2,1H3,(H,20,21). The van der Waals surface area contributed by atoms with Gasteiger partial charge in [0.1, 0.15) is 5.15 Å². The van der Waals surface area contributed by atoms with E-state index in [4.69, 9.17) is 11.6 Å². The minimum atomic E-state index is -0.393. The second kappa shape index (κ2) is 6.84. The van der Waals surface area contributed by atoms with Crippen molar-refractivity contribution in [2.75, 3.05) is 11.9 Å². The van der Waals surface area contributed by atoms with E-state index in [9.17, 15) is 10.1 Å². The number of halogens is 1. The summed E-state index contributed by atoms with van der Waals surface area (Å²) in [6.45, 7) is 2.74. The van der Waals surface area contributed by atoms with Crippen LogP contribution >= 0.6 is 11.6 Å². The number of nitrogens with zero attached hydrogens (tertiary/aromatic N) is 2. The lowest BCUT2D eigenvalue weighted by Gasteiger charge is -2.12. The van der Waals surface area contributed by atoms with Crippen molar-refractivity contribution in [1.82, 2.24) is 4.98 Å². The number of nitro benzene ring substituents is 1. The number of benzene rings is 2. The molecule has 0 aliphatic rings. The zero-order valence-electron chi connectivity index (χ0n) is 13.1. The number of hydrogen-bond acceptors (Lipinski definition) is 4. The monoisotopic (exact) mass is 341 g/mol. The van der Waals surface area contributed by atoms with Gasteiger partial charge in [0.25, 0.3) is 5.69 Å². The van der Waals surface area contributed by atoms with Crippen molar-refractivity contribution in [2.24, 2.45) is 0 Å². The number of nitro groups is 1. The fourth-order valence-electron chi connectivity index (χ4n) is 2.70. The fourth-order valence-corrected chi connectivity index (χ4v) is 2.90. The number of fused-ring (bicyclic) bond motifs is 1. The minimum Gasteiger partial charge on any atom is -0.384 e. The van der Waals surface area contributed by atoms with E-state index >= 15 is 0 Å². The van der Waals surface area contributed by atoms with E-state index in [1.807, 2.05) is 31.2 Å². The molecule has 0 fully saturated rings. The SMILES string of the molecule is Cc1cccc2nc(Cl)cc(NCCc3ccc([N+](=O)[O-])cc3)c12. The normalized spacial score (nSPS) is 10.8. The second-order valence-electron chi connectivity index (χ2n) is 5.56. The van der Waals surface area contributed by atoms with E-state index in [1.165, 1.54) is 12.1 Å². The molecule has 0 bridgehead atoms. The molecular weight excluding hydrogens is 326 g/mol. The topological polar surface area (TPSA) is 68.1 Å². The number of anilines is 1. The highest BCUT2D eigenvalue weighted by molar-refractivity contribution is 6.30. The third-order valence-corrected chi connectivity index (χ3v) is 4.08. The fraction of sp³-hybridized carbons (Fsp3) is 0.167. The van der Waals surface area contributed by atoms with Crippen molar-refractivity contribution < 1.29 is 4.92 Å². The molecule has 24 heavy (non-hydrogen) atoms. The maximum atomic E-state index is 10.7. The van der Waals surface area contributed by atoms with Crippen LogP contribution in [0.2, 0.25) is 5.15 Å². The van der Waals surface area contributed by atoms with Crippen LogP contribution in [-0.2, 0) is 6.42 Å². The van der Waals surface area contributed by atoms with Gasteiger partial charge in [-0.05, 0) is 36.6 Å². The number of aromatic nitrogens is 1. The molecule has 0 unspecified atom stereocenters. The third-order valence-electron chi connectivity index (χ3n) is 3.89. The quantitative estimate of drug-likeness (QED) is 0.412. The highest BCUT2D eigenvalue weighted by Gasteiger charge is 2.08. The molecule has 0 spiro atoms. The van der Waals surface area contributed by atoms with Gasteiger partial charge in [-0.15, -0.1) is 0 Å². The number of aryl methyl sites for hydroxylation is 1. The summed E-state index contributed by atoms with van der Waals surface area (Å²) in [5, 5.41) is 15.6. The van der Waals surface area contributed by atoms with Gasteiger partial charge in [0.2, 0.25) is 0 Å². The van der Waals surface area contributed by atoms with Crippen LogP contribution in [-0.4, -0.2) is 16.5 Å². The van der Waals surface area contributed by atoms with E-state index in [-0.39, 0.29) is 5.69 Å². The van der Waals surface area contributed by atoms with Gasteiger partial charge in [-0.25, -0.2) is 4.98 Å². The van der Waals surface area contributed by atoms with Crippen molar-refractivity contribution in [3.63, 3.8) is 0 Å². The molecule has 0 amide bonds. The third kappa shape index (κ3) is 3.46. The van der Waals surface area contributed by atoms with Crippen LogP contribution in [0.25, 0.3) is 10.9 Å². The van der Waals surface area contributed by atoms with E-state index in [0.29, 0.717) is 11.7 Å². The van der Waals surface area contributed by atoms with Gasteiger partial charge in [-0.2, -0.15) is 0 Å². The lowest BCUT2D eigenvalue weighted by atomic mass is 10.1. The van der Waals surface area contributed by atoms with Crippen molar-refractivity contribution in [1.29, 1.82) is 0 Å². The summed E-state index contributed by atoms with van der Waals surface area (Å²) < 4.78 is 0. The number of hydrogen-bond donors (Lipinski definition) is 1. The van der Waals surface area contributed by atoms with Crippen molar-refractivity contribution in [3.8, 4) is 0 Å². The van der Waals surface area contributed by atoms with E-state index in [2.05, 4.69) is 10.3 Å². The predicted octanol–water partition coefficient (Wildman–Crippen LogP) is 4.76. The largest absolute Gasteiger partial charge is 0.384 e. The van der Waals surface area contributed by atoms with E-state index in [0.717, 1.165) is 34.1 Å². The summed E-state index contributed by atoms with van der Waals surface area (Å²) in [6, 6.07) is 14.4. The summed E-state index contributed by atoms with van der Waals surface area (Å²) in [7, 11) is 0. The van der Waals surface area contributed by atoms with Crippen LogP contribution in [0.5, 0.6) is 0 Å². The van der Waals surface area contributed by atoms with Gasteiger partial charge in [0.15, 0.2) is 0 Å². The first-order chi connectivity index (χ1) is 11.5. The average molecular weight is 342 g/mol. The Labute approximate surface area is 144 Å². The number of nitrogens with one attached hydrogen (secondary N) is 1. The molecule has 1 N–H and O–H groups in total. The number of rotatable bonds is 5. The second-order valence-corrected chi connectivity index (χ2v) is 5.95. The Hall–Kier alpha value is -2.66. The molecule has 0 radical (unpaired) electrons. The highest BCUT2D eigenvalue weighted by Crippen LogP contribution is 2.28. The molecule has 0 atom stereocenters. The van der Waals surface area contributed by atoms with Crippen LogP contribution in [0, 0.1) is 17.0 Å². The van der Waals surface area contributed by atoms with Gasteiger partial charge in [-0.1, -0.05) is 35.9 Å². The zero-order valence-corrected chi connectivity index (χ0v) is 13.9. The minimum absolute atomic E-state index is 0.106. The van der Waals surface area contributed by atoms with Gasteiger partial charge < -0.3 is 5.32 Å². The molecule has 122 valence electrons. The molecule has 5 nitrogen and oxygen atoms in total. The van der Waals surface area contributed by atoms with Crippen molar-refractivity contribution >= 4 is 33.9 Å². The summed E-state index contributed by atoms with van der Waals surface area (Å²) in [5.74, 6) is 0. The molecule has 1 heterocycles. The lowest BCUT2D eigenvalue weighted by Crippen LogP contribution is -2.06. The Bertz CT molecular complexity index is 895. The summed E-state index contributed by atoms with van der Waals surface area (Å²) in [6.07, 6.45) is 0.755. The maximum Gasteiger partial charge on any atom is 0.269 e. The molecule has 3 rings (SSSR count). The first kappa shape index (κ1) is 16.2. The molecule has 6 heteroatoms. The van der Waals surface area contributed by atoms with E-state index < -0.39 is 4.92 Å². The maximum absolute atomic E-state index is 10.7. The Balaban J connectivity index is 1.75. The van der Waals surface area contributed by atoms with Crippen LogP contribution in [0.15, 0.2) is 48.5 Å². The molecule has 0 aliphatic heterocycles. The Morgan fingerprint density at radius 1 is 1.21 bits per heavy atom. The van der Waals surface area contributed by atoms with Gasteiger partial charge >= 0.3 is 0 Å². The summed E-state index contributed by atoms with van der Waals surface area (Å²) in [4.78, 5) is 14.6. The first-order valence-electron chi connectivity index (χ1n) is 7.57. The molecule has 1 aromatic heterocycles. The van der Waals surface area contributed by atoms with Crippen molar-refractivity contribution in [3.05, 3.63) is 74.9 Å². The first-order valence-corrected chi connectivity index (χ1v) is 7.95. The smallest absolute Gasteiger partial charge is 0.269 e. The molecule has 0 saturated carbocycles. The average Bonchev–Trinajstić information content (AvgIpc) is 2.55. The zero-order chi connectivity index (χ0) is 17.1. The van der Waals surface area contributed by atoms with Gasteiger partial charge in [0, 0.05) is 29.8 Å². The molecule has 2 aromatic carbocycles. The Kier molecular flexibility index (Phi) is 4.62. The van der Waals surface area contributed by atoms with Crippen LogP contribution in [0.3, 0.4) is 0 Å². The Morgan fingerprint density at radius 2 is 1.96 bits per heavy atom. The number of non-ortho nitro benzene ring substituents is 1. The lowest BCUT2D eigenvalue weighted by molar-refractivity contribution is -0.384. The summed E-state index contributed by atoms with van der Waals surface area (Å²) in [5.41, 5.74) is 4.09. The summed E-state index contributed by atoms with van der Waals surface area (Å²) >= 11 is 6.10. The van der Waals surface area contributed by atoms with Gasteiger partial charge in [0.05, 0.1) is 10.4 Å². The van der Waals surface area contributed by atoms with Crippen LogP contribution in [0.4, 0.5) is 11.4 Å². The van der Waals surface area contributed by atoms with Crippen LogP contribution < -0.4 is 5.32 Å². The van der Waals surface area contributed by atoms with E-state index in [1.54, 1.807) is 12.1 Å². The predicted molar refractivity (Wildman–Crippen MR) is 96.8 cm³/mol. The van der Waals surface area contributed by atoms with Crippen LogP contribution in [0.1, 0.15) is 11.1 Å². The Morgan fingerprint density at radius 3 is 2.67 bits per heavy atom. The van der Waals surface area contributed by atoms with Gasteiger partial charge in [-0.3, -0.25) is 10.1 Å². The number of pyridine rings is 1. The molecule has 3 aromatic rings. The molecule has 0 saturated heterocycles.